The molecule has 8 heteroatoms. The highest BCUT2D eigenvalue weighted by atomic mass is 79.9. The van der Waals surface area contributed by atoms with Crippen LogP contribution in [0.3, 0.4) is 0 Å². The number of ether oxygens (including phenoxy) is 1. The molecule has 0 bridgehead atoms. The molecule has 0 spiro atoms. The number of benzene rings is 2. The zero-order valence-corrected chi connectivity index (χ0v) is 17.8. The van der Waals surface area contributed by atoms with E-state index in [-0.39, 0.29) is 30.7 Å². The lowest BCUT2D eigenvalue weighted by Crippen LogP contribution is -2.43. The van der Waals surface area contributed by atoms with Gasteiger partial charge in [0.1, 0.15) is 6.04 Å². The van der Waals surface area contributed by atoms with Gasteiger partial charge in [-0.25, -0.2) is 4.79 Å². The topological polar surface area (TPSA) is 84.0 Å². The molecule has 0 fully saturated rings. The zero-order valence-electron chi connectivity index (χ0n) is 16.3. The van der Waals surface area contributed by atoms with Gasteiger partial charge in [-0.15, -0.1) is 0 Å². The second kappa shape index (κ2) is 8.02. The molecule has 2 aromatic rings. The zero-order chi connectivity index (χ0) is 21.4. The van der Waals surface area contributed by atoms with Gasteiger partial charge in [0.2, 0.25) is 5.91 Å². The Labute approximate surface area is 181 Å². The van der Waals surface area contributed by atoms with Crippen molar-refractivity contribution in [2.75, 3.05) is 18.6 Å². The molecular formula is C22H19BrN2O5. The third kappa shape index (κ3) is 3.41. The summed E-state index contributed by atoms with van der Waals surface area (Å²) in [5.74, 6) is -1.42. The third-order valence-electron chi connectivity index (χ3n) is 5.42. The number of carbonyl (C=O) groups excluding carboxylic acids is 4. The molecule has 0 N–H and O–H groups in total. The largest absolute Gasteiger partial charge is 0.467 e. The minimum Gasteiger partial charge on any atom is -0.467 e. The predicted molar refractivity (Wildman–Crippen MR) is 112 cm³/mol. The van der Waals surface area contributed by atoms with Gasteiger partial charge in [0.05, 0.1) is 18.2 Å². The number of anilines is 1. The summed E-state index contributed by atoms with van der Waals surface area (Å²) >= 11 is 3.31. The molecule has 1 unspecified atom stereocenters. The summed E-state index contributed by atoms with van der Waals surface area (Å²) in [4.78, 5) is 52.9. The van der Waals surface area contributed by atoms with Gasteiger partial charge < -0.3 is 4.74 Å². The molecule has 7 nitrogen and oxygen atoms in total. The minimum atomic E-state index is -0.698. The summed E-state index contributed by atoms with van der Waals surface area (Å²) in [5, 5.41) is 0. The van der Waals surface area contributed by atoms with Crippen LogP contribution < -0.4 is 4.90 Å². The Bertz CT molecular complexity index is 1070. The summed E-state index contributed by atoms with van der Waals surface area (Å²) in [5.41, 5.74) is 2.34. The van der Waals surface area contributed by atoms with Crippen LogP contribution in [0.5, 0.6) is 0 Å². The number of nitrogens with zero attached hydrogens (tertiary/aromatic N) is 2. The second-order valence-corrected chi connectivity index (χ2v) is 8.11. The molecule has 0 aromatic heterocycles. The number of hydrogen-bond acceptors (Lipinski definition) is 5. The second-order valence-electron chi connectivity index (χ2n) is 7.19. The molecule has 2 aliphatic heterocycles. The van der Waals surface area contributed by atoms with E-state index in [9.17, 15) is 19.2 Å². The molecule has 4 rings (SSSR count). The van der Waals surface area contributed by atoms with Crippen LogP contribution in [0.15, 0.2) is 46.9 Å². The number of rotatable bonds is 5. The monoisotopic (exact) mass is 470 g/mol. The Balaban J connectivity index is 1.44. The van der Waals surface area contributed by atoms with Crippen LogP contribution in [-0.4, -0.2) is 48.3 Å². The molecule has 0 radical (unpaired) electrons. The van der Waals surface area contributed by atoms with Crippen LogP contribution in [0.25, 0.3) is 0 Å². The fraction of sp³-hybridized carbons (Fsp3) is 0.273. The summed E-state index contributed by atoms with van der Waals surface area (Å²) in [7, 11) is 1.30. The highest BCUT2D eigenvalue weighted by molar-refractivity contribution is 9.10. The first-order valence-electron chi connectivity index (χ1n) is 9.56. The Morgan fingerprint density at radius 1 is 1.10 bits per heavy atom. The lowest BCUT2D eigenvalue weighted by molar-refractivity contribution is -0.143. The molecule has 2 heterocycles. The van der Waals surface area contributed by atoms with E-state index < -0.39 is 12.0 Å². The van der Waals surface area contributed by atoms with Gasteiger partial charge in [0.25, 0.3) is 11.8 Å². The van der Waals surface area contributed by atoms with Gasteiger partial charge in [-0.2, -0.15) is 0 Å². The molecule has 2 aliphatic rings. The van der Waals surface area contributed by atoms with Gasteiger partial charge in [0.15, 0.2) is 0 Å². The standard InChI is InChI=1S/C22H19BrN2O5/c1-30-22(29)18-11-13-5-2-3-6-17(13)25(18)19(26)7-4-10-24-20(27)15-9-8-14(23)12-16(15)21(24)28/h2-3,5-6,8-9,12,18H,4,7,10-11H2,1H3. The van der Waals surface area contributed by atoms with Crippen molar-refractivity contribution in [1.82, 2.24) is 4.90 Å². The smallest absolute Gasteiger partial charge is 0.329 e. The number of fused-ring (bicyclic) bond motifs is 2. The number of halogens is 1. The molecule has 0 saturated heterocycles. The predicted octanol–water partition coefficient (Wildman–Crippen LogP) is 2.96. The van der Waals surface area contributed by atoms with E-state index in [1.807, 2.05) is 18.2 Å². The van der Waals surface area contributed by atoms with Crippen molar-refractivity contribution < 1.29 is 23.9 Å². The van der Waals surface area contributed by atoms with Gasteiger partial charge in [-0.3, -0.25) is 24.2 Å². The number of esters is 1. The van der Waals surface area contributed by atoms with Crippen LogP contribution in [0.4, 0.5) is 5.69 Å². The Morgan fingerprint density at radius 3 is 2.60 bits per heavy atom. The fourth-order valence-electron chi connectivity index (χ4n) is 3.99. The normalized spacial score (nSPS) is 17.2. The Kier molecular flexibility index (Phi) is 5.42. The molecule has 30 heavy (non-hydrogen) atoms. The maximum atomic E-state index is 13.0. The number of carbonyl (C=O) groups is 4. The first-order valence-corrected chi connectivity index (χ1v) is 10.3. The van der Waals surface area contributed by atoms with E-state index in [1.54, 1.807) is 24.3 Å². The van der Waals surface area contributed by atoms with E-state index in [1.165, 1.54) is 16.9 Å². The quantitative estimate of drug-likeness (QED) is 0.495. The van der Waals surface area contributed by atoms with Gasteiger partial charge >= 0.3 is 5.97 Å². The number of para-hydroxylation sites is 1. The first kappa shape index (κ1) is 20.3. The average Bonchev–Trinajstić information content (AvgIpc) is 3.24. The van der Waals surface area contributed by atoms with Crippen molar-refractivity contribution in [2.45, 2.75) is 25.3 Å². The van der Waals surface area contributed by atoms with E-state index in [0.29, 0.717) is 29.7 Å². The van der Waals surface area contributed by atoms with Gasteiger partial charge in [-0.1, -0.05) is 34.1 Å². The molecule has 1 atom stereocenters. The number of amides is 3. The fourth-order valence-corrected chi connectivity index (χ4v) is 4.35. The van der Waals surface area contributed by atoms with Crippen molar-refractivity contribution >= 4 is 45.3 Å². The van der Waals surface area contributed by atoms with Crippen LogP contribution >= 0.6 is 15.9 Å². The lowest BCUT2D eigenvalue weighted by atomic mass is 10.1. The Morgan fingerprint density at radius 2 is 1.83 bits per heavy atom. The van der Waals surface area contributed by atoms with E-state index in [2.05, 4.69) is 15.9 Å². The molecular weight excluding hydrogens is 452 g/mol. The Hall–Kier alpha value is -3.00. The SMILES string of the molecule is COC(=O)C1Cc2ccccc2N1C(=O)CCCN1C(=O)c2ccc(Br)cc2C1=O. The van der Waals surface area contributed by atoms with Crippen molar-refractivity contribution in [1.29, 1.82) is 0 Å². The first-order chi connectivity index (χ1) is 14.4. The summed E-state index contributed by atoms with van der Waals surface area (Å²) in [6.07, 6.45) is 0.804. The van der Waals surface area contributed by atoms with E-state index >= 15 is 0 Å². The van der Waals surface area contributed by atoms with Crippen LogP contribution in [0, 0.1) is 0 Å². The average molecular weight is 471 g/mol. The summed E-state index contributed by atoms with van der Waals surface area (Å²) in [6, 6.07) is 11.6. The number of methoxy groups -OCH3 is 1. The molecule has 3 amide bonds. The maximum absolute atomic E-state index is 13.0. The van der Waals surface area contributed by atoms with Crippen LogP contribution in [0.2, 0.25) is 0 Å². The van der Waals surface area contributed by atoms with Crippen LogP contribution in [-0.2, 0) is 20.7 Å². The van der Waals surface area contributed by atoms with Crippen molar-refractivity contribution in [2.24, 2.45) is 0 Å². The summed E-state index contributed by atoms with van der Waals surface area (Å²) in [6.45, 7) is 0.133. The molecule has 0 aliphatic carbocycles. The molecule has 154 valence electrons. The lowest BCUT2D eigenvalue weighted by Gasteiger charge is -2.24. The summed E-state index contributed by atoms with van der Waals surface area (Å²) < 4.78 is 5.59. The third-order valence-corrected chi connectivity index (χ3v) is 5.92. The number of imide groups is 1. The maximum Gasteiger partial charge on any atom is 0.329 e. The minimum absolute atomic E-state index is 0.0962. The van der Waals surface area contributed by atoms with Crippen LogP contribution in [0.1, 0.15) is 39.1 Å². The highest BCUT2D eigenvalue weighted by Gasteiger charge is 2.39. The van der Waals surface area contributed by atoms with Crippen molar-refractivity contribution in [3.05, 3.63) is 63.6 Å². The van der Waals surface area contributed by atoms with Gasteiger partial charge in [0, 0.05) is 29.5 Å². The van der Waals surface area contributed by atoms with Gasteiger partial charge in [-0.05, 0) is 36.2 Å². The molecule has 2 aromatic carbocycles. The van der Waals surface area contributed by atoms with E-state index in [0.717, 1.165) is 10.0 Å². The van der Waals surface area contributed by atoms with Crippen molar-refractivity contribution in [3.63, 3.8) is 0 Å². The molecule has 0 saturated carbocycles. The highest BCUT2D eigenvalue weighted by Crippen LogP contribution is 2.33. The number of hydrogen-bond donors (Lipinski definition) is 0. The van der Waals surface area contributed by atoms with E-state index in [4.69, 9.17) is 4.74 Å². The van der Waals surface area contributed by atoms with Crippen molar-refractivity contribution in [3.8, 4) is 0 Å².